The maximum absolute atomic E-state index is 11.9. The molecular formula is C15H20N2O2. The van der Waals surface area contributed by atoms with Gasteiger partial charge < -0.3 is 15.5 Å². The number of aromatic amines is 1. The van der Waals surface area contributed by atoms with E-state index in [4.69, 9.17) is 10.5 Å². The molecule has 1 heterocycles. The normalized spacial score (nSPS) is 11.2. The summed E-state index contributed by atoms with van der Waals surface area (Å²) in [6, 6.07) is 3.90. The lowest BCUT2D eigenvalue weighted by molar-refractivity contribution is 0.0520. The molecule has 0 aliphatic heterocycles. The Morgan fingerprint density at radius 3 is 2.68 bits per heavy atom. The van der Waals surface area contributed by atoms with E-state index in [0.717, 1.165) is 22.0 Å². The summed E-state index contributed by atoms with van der Waals surface area (Å²) in [5, 5.41) is 0.925. The lowest BCUT2D eigenvalue weighted by Gasteiger charge is -2.08. The Balaban J connectivity index is 2.71. The number of aryl methyl sites for hydroxylation is 1. The molecule has 0 saturated heterocycles. The molecule has 1 aromatic heterocycles. The van der Waals surface area contributed by atoms with E-state index in [2.05, 4.69) is 18.8 Å². The largest absolute Gasteiger partial charge is 0.461 e. The molecule has 19 heavy (non-hydrogen) atoms. The highest BCUT2D eigenvalue weighted by molar-refractivity contribution is 6.03. The summed E-state index contributed by atoms with van der Waals surface area (Å²) in [5.41, 5.74) is 10.2. The van der Waals surface area contributed by atoms with Crippen LogP contribution in [0.4, 0.5) is 5.69 Å². The minimum Gasteiger partial charge on any atom is -0.461 e. The summed E-state index contributed by atoms with van der Waals surface area (Å²) in [6.07, 6.45) is 0. The van der Waals surface area contributed by atoms with Crippen molar-refractivity contribution in [3.05, 3.63) is 29.0 Å². The van der Waals surface area contributed by atoms with Gasteiger partial charge in [0.2, 0.25) is 0 Å². The summed E-state index contributed by atoms with van der Waals surface area (Å²) in [4.78, 5) is 15.1. The quantitative estimate of drug-likeness (QED) is 0.656. The summed E-state index contributed by atoms with van der Waals surface area (Å²) in [6.45, 7) is 8.28. The van der Waals surface area contributed by atoms with Gasteiger partial charge in [-0.15, -0.1) is 0 Å². The van der Waals surface area contributed by atoms with Gasteiger partial charge in [0.1, 0.15) is 5.69 Å². The Morgan fingerprint density at radius 1 is 1.42 bits per heavy atom. The number of carbonyl (C=O) groups excluding carboxylic acids is 1. The number of esters is 1. The maximum Gasteiger partial charge on any atom is 0.355 e. The van der Waals surface area contributed by atoms with E-state index in [1.165, 1.54) is 0 Å². The molecule has 102 valence electrons. The summed E-state index contributed by atoms with van der Waals surface area (Å²) >= 11 is 0. The molecule has 2 aromatic rings. The molecule has 2 rings (SSSR count). The molecule has 3 N–H and O–H groups in total. The zero-order valence-electron chi connectivity index (χ0n) is 11.8. The van der Waals surface area contributed by atoms with Crippen molar-refractivity contribution in [3.63, 3.8) is 0 Å². The highest BCUT2D eigenvalue weighted by Crippen LogP contribution is 2.33. The second kappa shape index (κ2) is 4.96. The summed E-state index contributed by atoms with van der Waals surface area (Å²) in [7, 11) is 0. The van der Waals surface area contributed by atoms with Crippen LogP contribution in [0.3, 0.4) is 0 Å². The summed E-state index contributed by atoms with van der Waals surface area (Å²) < 4.78 is 5.07. The molecule has 0 bridgehead atoms. The molecule has 0 amide bonds. The molecule has 0 atom stereocenters. The maximum atomic E-state index is 11.9. The number of carbonyl (C=O) groups is 1. The molecule has 0 spiro atoms. The fraction of sp³-hybridized carbons (Fsp3) is 0.400. The smallest absolute Gasteiger partial charge is 0.355 e. The van der Waals surface area contributed by atoms with Gasteiger partial charge in [0.25, 0.3) is 0 Å². The lowest BCUT2D eigenvalue weighted by atomic mass is 9.98. The number of benzene rings is 1. The molecule has 0 saturated carbocycles. The van der Waals surface area contributed by atoms with Crippen LogP contribution in [0.25, 0.3) is 10.9 Å². The van der Waals surface area contributed by atoms with Gasteiger partial charge in [-0.05, 0) is 37.0 Å². The second-order valence-corrected chi connectivity index (χ2v) is 4.99. The monoisotopic (exact) mass is 260 g/mol. The molecule has 0 aliphatic rings. The van der Waals surface area contributed by atoms with E-state index >= 15 is 0 Å². The lowest BCUT2D eigenvalue weighted by Crippen LogP contribution is -2.06. The fourth-order valence-electron chi connectivity index (χ4n) is 2.41. The average Bonchev–Trinajstić information content (AvgIpc) is 2.68. The Labute approximate surface area is 112 Å². The van der Waals surface area contributed by atoms with Gasteiger partial charge in [-0.25, -0.2) is 4.79 Å². The van der Waals surface area contributed by atoms with Crippen LogP contribution in [0.2, 0.25) is 0 Å². The van der Waals surface area contributed by atoms with Crippen molar-refractivity contribution in [2.45, 2.75) is 33.6 Å². The van der Waals surface area contributed by atoms with Crippen LogP contribution >= 0.6 is 0 Å². The van der Waals surface area contributed by atoms with Gasteiger partial charge in [-0.3, -0.25) is 0 Å². The highest BCUT2D eigenvalue weighted by Gasteiger charge is 2.19. The number of nitrogens with two attached hydrogens (primary N) is 1. The highest BCUT2D eigenvalue weighted by atomic mass is 16.5. The minimum atomic E-state index is -0.328. The van der Waals surface area contributed by atoms with E-state index in [1.54, 1.807) is 6.92 Å². The van der Waals surface area contributed by atoms with Crippen molar-refractivity contribution in [2.75, 3.05) is 12.3 Å². The van der Waals surface area contributed by atoms with Crippen molar-refractivity contribution < 1.29 is 9.53 Å². The third-order valence-corrected chi connectivity index (χ3v) is 3.37. The molecule has 4 nitrogen and oxygen atoms in total. The predicted octanol–water partition coefficient (Wildman–Crippen LogP) is 3.36. The van der Waals surface area contributed by atoms with Gasteiger partial charge in [-0.1, -0.05) is 19.9 Å². The molecule has 0 radical (unpaired) electrons. The van der Waals surface area contributed by atoms with Gasteiger partial charge in [0, 0.05) is 11.1 Å². The first-order valence-electron chi connectivity index (χ1n) is 6.55. The van der Waals surface area contributed by atoms with Crippen LogP contribution in [0.15, 0.2) is 12.1 Å². The first-order valence-corrected chi connectivity index (χ1v) is 6.55. The molecular weight excluding hydrogens is 240 g/mol. The molecule has 0 unspecified atom stereocenters. The number of anilines is 1. The average molecular weight is 260 g/mol. The fourth-order valence-corrected chi connectivity index (χ4v) is 2.41. The third kappa shape index (κ3) is 2.18. The van der Waals surface area contributed by atoms with E-state index in [1.807, 2.05) is 19.1 Å². The van der Waals surface area contributed by atoms with Crippen LogP contribution in [-0.4, -0.2) is 17.6 Å². The number of hydrogen-bond donors (Lipinski definition) is 2. The molecule has 4 heteroatoms. The zero-order chi connectivity index (χ0) is 14.2. The van der Waals surface area contributed by atoms with Crippen LogP contribution in [0.1, 0.15) is 48.3 Å². The number of H-pyrrole nitrogens is 1. The zero-order valence-corrected chi connectivity index (χ0v) is 11.8. The molecule has 1 aromatic carbocycles. The van der Waals surface area contributed by atoms with Crippen LogP contribution < -0.4 is 5.73 Å². The van der Waals surface area contributed by atoms with Gasteiger partial charge in [0.05, 0.1) is 12.1 Å². The van der Waals surface area contributed by atoms with Crippen molar-refractivity contribution in [1.29, 1.82) is 0 Å². The van der Waals surface area contributed by atoms with Crippen molar-refractivity contribution in [3.8, 4) is 0 Å². The van der Waals surface area contributed by atoms with Crippen LogP contribution in [0, 0.1) is 6.92 Å². The number of nitrogen functional groups attached to an aromatic ring is 1. The Bertz CT molecular complexity index is 627. The summed E-state index contributed by atoms with van der Waals surface area (Å²) in [5.74, 6) is 0.0292. The van der Waals surface area contributed by atoms with Crippen molar-refractivity contribution in [2.24, 2.45) is 0 Å². The first kappa shape index (κ1) is 13.5. The van der Waals surface area contributed by atoms with E-state index in [-0.39, 0.29) is 5.97 Å². The van der Waals surface area contributed by atoms with E-state index in [0.29, 0.717) is 23.9 Å². The standard InChI is InChI=1S/C15H20N2O2/c1-5-19-15(18)13-9(4)12-11(16)7-6-10(8(2)3)14(12)17-13/h6-8,17H,5,16H2,1-4H3. The molecule has 0 aliphatic carbocycles. The third-order valence-electron chi connectivity index (χ3n) is 3.37. The van der Waals surface area contributed by atoms with Gasteiger partial charge in [0.15, 0.2) is 0 Å². The van der Waals surface area contributed by atoms with Gasteiger partial charge >= 0.3 is 5.97 Å². The topological polar surface area (TPSA) is 68.1 Å². The Hall–Kier alpha value is -1.97. The Morgan fingerprint density at radius 2 is 2.11 bits per heavy atom. The second-order valence-electron chi connectivity index (χ2n) is 4.99. The molecule has 0 fully saturated rings. The number of ether oxygens (including phenoxy) is 1. The number of rotatable bonds is 3. The minimum absolute atomic E-state index is 0.328. The van der Waals surface area contributed by atoms with Crippen LogP contribution in [-0.2, 0) is 4.74 Å². The Kier molecular flexibility index (Phi) is 3.51. The number of hydrogen-bond acceptors (Lipinski definition) is 3. The van der Waals surface area contributed by atoms with Crippen molar-refractivity contribution in [1.82, 2.24) is 4.98 Å². The van der Waals surface area contributed by atoms with E-state index in [9.17, 15) is 4.79 Å². The SMILES string of the molecule is CCOC(=O)c1[nH]c2c(C(C)C)ccc(N)c2c1C. The number of aromatic nitrogens is 1. The van der Waals surface area contributed by atoms with Crippen LogP contribution in [0.5, 0.6) is 0 Å². The van der Waals surface area contributed by atoms with E-state index < -0.39 is 0 Å². The number of fused-ring (bicyclic) bond motifs is 1. The van der Waals surface area contributed by atoms with Gasteiger partial charge in [-0.2, -0.15) is 0 Å². The predicted molar refractivity (Wildman–Crippen MR) is 77.5 cm³/mol. The van der Waals surface area contributed by atoms with Crippen molar-refractivity contribution >= 4 is 22.6 Å². The first-order chi connectivity index (χ1) is 8.97. The number of nitrogens with one attached hydrogen (secondary N) is 1.